The molecule has 9 heteroatoms. The molecule has 0 aromatic heterocycles. The third kappa shape index (κ3) is 4.83. The molecule has 1 fully saturated rings. The molecule has 0 radical (unpaired) electrons. The van der Waals surface area contributed by atoms with Gasteiger partial charge in [-0.05, 0) is 55.3 Å². The second-order valence-corrected chi connectivity index (χ2v) is 9.06. The van der Waals surface area contributed by atoms with Gasteiger partial charge in [0.25, 0.3) is 0 Å². The Morgan fingerprint density at radius 2 is 1.86 bits per heavy atom. The molecule has 0 aliphatic carbocycles. The van der Waals surface area contributed by atoms with Gasteiger partial charge in [-0.2, -0.15) is 4.31 Å². The maximum absolute atomic E-state index is 13.0. The minimum absolute atomic E-state index is 0.129. The lowest BCUT2D eigenvalue weighted by Gasteiger charge is -2.31. The van der Waals surface area contributed by atoms with E-state index in [-0.39, 0.29) is 17.3 Å². The first-order chi connectivity index (χ1) is 13.8. The highest BCUT2D eigenvalue weighted by atomic mass is 35.5. The summed E-state index contributed by atoms with van der Waals surface area (Å²) in [6.45, 7) is 0.511. The number of nitrogens with one attached hydrogen (secondary N) is 1. The summed E-state index contributed by atoms with van der Waals surface area (Å²) >= 11 is 6.10. The summed E-state index contributed by atoms with van der Waals surface area (Å²) in [7, 11) is -0.647. The van der Waals surface area contributed by atoms with Gasteiger partial charge in [0.2, 0.25) is 15.9 Å². The van der Waals surface area contributed by atoms with Crippen molar-refractivity contribution in [2.75, 3.05) is 32.6 Å². The lowest BCUT2D eigenvalue weighted by molar-refractivity contribution is -0.120. The molecule has 3 rings (SSSR count). The minimum atomic E-state index is -3.68. The smallest absolute Gasteiger partial charge is 0.243 e. The van der Waals surface area contributed by atoms with Gasteiger partial charge in [-0.3, -0.25) is 4.79 Å². The molecule has 1 N–H and O–H groups in total. The number of amides is 1. The van der Waals surface area contributed by atoms with Crippen LogP contribution in [0.25, 0.3) is 0 Å². The van der Waals surface area contributed by atoms with E-state index in [1.165, 1.54) is 30.7 Å². The monoisotopic (exact) mass is 438 g/mol. The van der Waals surface area contributed by atoms with E-state index in [2.05, 4.69) is 5.32 Å². The quantitative estimate of drug-likeness (QED) is 0.747. The topological polar surface area (TPSA) is 84.9 Å². The van der Waals surface area contributed by atoms with E-state index in [1.54, 1.807) is 30.3 Å². The van der Waals surface area contributed by atoms with Crippen LogP contribution in [0.4, 0.5) is 5.69 Å². The minimum Gasteiger partial charge on any atom is -0.497 e. The lowest BCUT2D eigenvalue weighted by Crippen LogP contribution is -2.43. The summed E-state index contributed by atoms with van der Waals surface area (Å²) in [6.07, 6.45) is 1.22. The number of benzene rings is 2. The number of anilines is 1. The zero-order chi connectivity index (χ0) is 21.0. The van der Waals surface area contributed by atoms with E-state index < -0.39 is 15.9 Å². The van der Waals surface area contributed by atoms with Crippen molar-refractivity contribution in [1.82, 2.24) is 4.31 Å². The fourth-order valence-electron chi connectivity index (χ4n) is 3.26. The Hall–Kier alpha value is -2.29. The molecule has 0 spiro atoms. The van der Waals surface area contributed by atoms with E-state index in [9.17, 15) is 13.2 Å². The van der Waals surface area contributed by atoms with Gasteiger partial charge in [0, 0.05) is 18.8 Å². The van der Waals surface area contributed by atoms with Crippen LogP contribution >= 0.6 is 11.6 Å². The van der Waals surface area contributed by atoms with E-state index in [0.717, 1.165) is 0 Å². The zero-order valence-corrected chi connectivity index (χ0v) is 17.8. The van der Waals surface area contributed by atoms with Crippen LogP contribution < -0.4 is 14.8 Å². The average Bonchev–Trinajstić information content (AvgIpc) is 2.74. The number of carbonyl (C=O) groups excluding carboxylic acids is 1. The first-order valence-corrected chi connectivity index (χ1v) is 11.0. The summed E-state index contributed by atoms with van der Waals surface area (Å²) in [4.78, 5) is 12.9. The van der Waals surface area contributed by atoms with Crippen molar-refractivity contribution in [2.24, 2.45) is 5.92 Å². The molecule has 0 saturated carbocycles. The zero-order valence-electron chi connectivity index (χ0n) is 16.2. The van der Waals surface area contributed by atoms with E-state index in [1.807, 2.05) is 0 Å². The normalized spacial score (nSPS) is 17.6. The van der Waals surface area contributed by atoms with Crippen LogP contribution in [-0.2, 0) is 14.8 Å². The van der Waals surface area contributed by atoms with Crippen molar-refractivity contribution < 1.29 is 22.7 Å². The standard InChI is InChI=1S/C20H23ClN2O5S/c1-27-16-6-8-17(9-7-16)29(25,26)23-11-3-4-14(13-23)20(24)22-15-5-10-19(28-2)18(21)12-15/h5-10,12,14H,3-4,11,13H2,1-2H3,(H,22,24). The Morgan fingerprint density at radius 3 is 2.48 bits per heavy atom. The van der Waals surface area contributed by atoms with E-state index in [4.69, 9.17) is 21.1 Å². The molecular formula is C20H23ClN2O5S. The largest absolute Gasteiger partial charge is 0.497 e. The van der Waals surface area contributed by atoms with E-state index >= 15 is 0 Å². The van der Waals surface area contributed by atoms with Crippen molar-refractivity contribution in [3.05, 3.63) is 47.5 Å². The summed E-state index contributed by atoms with van der Waals surface area (Å²) < 4.78 is 37.4. The van der Waals surface area contributed by atoms with Crippen molar-refractivity contribution in [2.45, 2.75) is 17.7 Å². The number of rotatable bonds is 6. The maximum atomic E-state index is 13.0. The number of sulfonamides is 1. The highest BCUT2D eigenvalue weighted by Crippen LogP contribution is 2.29. The van der Waals surface area contributed by atoms with Gasteiger partial charge in [-0.25, -0.2) is 8.42 Å². The molecule has 1 saturated heterocycles. The van der Waals surface area contributed by atoms with Crippen molar-refractivity contribution >= 4 is 33.2 Å². The van der Waals surface area contributed by atoms with Gasteiger partial charge in [0.1, 0.15) is 11.5 Å². The van der Waals surface area contributed by atoms with Crippen molar-refractivity contribution in [1.29, 1.82) is 0 Å². The lowest BCUT2D eigenvalue weighted by atomic mass is 9.98. The van der Waals surface area contributed by atoms with Gasteiger partial charge in [0.05, 0.1) is 30.1 Å². The predicted molar refractivity (Wildman–Crippen MR) is 111 cm³/mol. The first-order valence-electron chi connectivity index (χ1n) is 9.13. The van der Waals surface area contributed by atoms with Crippen LogP contribution in [0.1, 0.15) is 12.8 Å². The molecule has 1 heterocycles. The number of piperidine rings is 1. The highest BCUT2D eigenvalue weighted by Gasteiger charge is 2.33. The molecule has 1 unspecified atom stereocenters. The van der Waals surface area contributed by atoms with Crippen LogP contribution in [0.5, 0.6) is 11.5 Å². The number of ether oxygens (including phenoxy) is 2. The average molecular weight is 439 g/mol. The molecule has 1 atom stereocenters. The van der Waals surface area contributed by atoms with Gasteiger partial charge >= 0.3 is 0 Å². The third-order valence-electron chi connectivity index (χ3n) is 4.87. The van der Waals surface area contributed by atoms with Crippen molar-refractivity contribution in [3.8, 4) is 11.5 Å². The van der Waals surface area contributed by atoms with Gasteiger partial charge in [-0.15, -0.1) is 0 Å². The third-order valence-corrected chi connectivity index (χ3v) is 7.05. The summed E-state index contributed by atoms with van der Waals surface area (Å²) in [5.74, 6) is 0.413. The Balaban J connectivity index is 1.70. The van der Waals surface area contributed by atoms with Crippen LogP contribution in [-0.4, -0.2) is 45.9 Å². The first kappa shape index (κ1) is 21.4. The van der Waals surface area contributed by atoms with Crippen LogP contribution in [0, 0.1) is 5.92 Å². The summed E-state index contributed by atoms with van der Waals surface area (Å²) in [6, 6.07) is 11.2. The predicted octanol–water partition coefficient (Wildman–Crippen LogP) is 3.40. The fourth-order valence-corrected chi connectivity index (χ4v) is 5.04. The SMILES string of the molecule is COc1ccc(S(=O)(=O)N2CCCC(C(=O)Nc3ccc(OC)c(Cl)c3)C2)cc1. The van der Waals surface area contributed by atoms with Crippen LogP contribution in [0.2, 0.25) is 5.02 Å². The Bertz CT molecular complexity index is 979. The molecule has 156 valence electrons. The molecule has 29 heavy (non-hydrogen) atoms. The second kappa shape index (κ2) is 9.02. The maximum Gasteiger partial charge on any atom is 0.243 e. The molecule has 2 aromatic rings. The Labute approximate surface area is 175 Å². The van der Waals surface area contributed by atoms with Crippen molar-refractivity contribution in [3.63, 3.8) is 0 Å². The van der Waals surface area contributed by atoms with E-state index in [0.29, 0.717) is 41.6 Å². The Kier molecular flexibility index (Phi) is 6.66. The molecular weight excluding hydrogens is 416 g/mol. The molecule has 2 aromatic carbocycles. The number of halogens is 1. The van der Waals surface area contributed by atoms with Gasteiger partial charge in [-0.1, -0.05) is 11.6 Å². The molecule has 1 aliphatic heterocycles. The van der Waals surface area contributed by atoms with Gasteiger partial charge in [0.15, 0.2) is 0 Å². The highest BCUT2D eigenvalue weighted by molar-refractivity contribution is 7.89. The molecule has 1 aliphatic rings. The second-order valence-electron chi connectivity index (χ2n) is 6.72. The van der Waals surface area contributed by atoms with Crippen LogP contribution in [0.3, 0.4) is 0 Å². The summed E-state index contributed by atoms with van der Waals surface area (Å²) in [5.41, 5.74) is 0.538. The number of carbonyl (C=O) groups is 1. The number of methoxy groups -OCH3 is 2. The fraction of sp³-hybridized carbons (Fsp3) is 0.350. The molecule has 1 amide bonds. The van der Waals surface area contributed by atoms with Gasteiger partial charge < -0.3 is 14.8 Å². The number of nitrogens with zero attached hydrogens (tertiary/aromatic N) is 1. The number of hydrogen-bond donors (Lipinski definition) is 1. The molecule has 0 bridgehead atoms. The molecule has 7 nitrogen and oxygen atoms in total. The summed E-state index contributed by atoms with van der Waals surface area (Å²) in [5, 5.41) is 3.20. The Morgan fingerprint density at radius 1 is 1.14 bits per heavy atom. The number of hydrogen-bond acceptors (Lipinski definition) is 5. The van der Waals surface area contributed by atoms with Crippen LogP contribution in [0.15, 0.2) is 47.4 Å².